The molecule has 6 heteroatoms. The number of aliphatic hydroxyl groups is 1. The summed E-state index contributed by atoms with van der Waals surface area (Å²) < 4.78 is 0.914. The number of nitrogens with one attached hydrogen (secondary N) is 1. The van der Waals surface area contributed by atoms with E-state index in [1.807, 2.05) is 0 Å². The van der Waals surface area contributed by atoms with Crippen LogP contribution in [0.3, 0.4) is 0 Å². The molecule has 102 valence electrons. The van der Waals surface area contributed by atoms with Gasteiger partial charge in [-0.25, -0.2) is 0 Å². The van der Waals surface area contributed by atoms with Crippen LogP contribution in [0.4, 0.5) is 0 Å². The second-order valence-corrected chi connectivity index (χ2v) is 6.40. The summed E-state index contributed by atoms with van der Waals surface area (Å²) in [4.78, 5) is 11.9. The quantitative estimate of drug-likeness (QED) is 0.808. The first-order chi connectivity index (χ1) is 8.58. The summed E-state index contributed by atoms with van der Waals surface area (Å²) in [5.41, 5.74) is 0.422. The summed E-state index contributed by atoms with van der Waals surface area (Å²) in [5.74, 6) is 0.0963. The maximum absolute atomic E-state index is 11.9. The predicted molar refractivity (Wildman–Crippen MR) is 76.8 cm³/mol. The van der Waals surface area contributed by atoms with Crippen LogP contribution in [-0.4, -0.2) is 24.2 Å². The molecule has 1 heterocycles. The number of aliphatic hydroxyl groups excluding tert-OH is 1. The van der Waals surface area contributed by atoms with Crippen LogP contribution in [0.15, 0.2) is 6.07 Å². The Morgan fingerprint density at radius 3 is 2.72 bits per heavy atom. The summed E-state index contributed by atoms with van der Waals surface area (Å²) in [6, 6.07) is 1.57. The molecule has 0 radical (unpaired) electrons. The SMILES string of the molecule is CCCC(CCO)CNC(=O)c1cc(Cl)sc1Cl. The number of rotatable bonds is 7. The van der Waals surface area contributed by atoms with Crippen molar-refractivity contribution in [2.24, 2.45) is 5.92 Å². The standard InChI is InChI=1S/C12H17Cl2NO2S/c1-2-3-8(4-5-16)7-15-12(17)9-6-10(13)18-11(9)14/h6,8,16H,2-5,7H2,1H3,(H,15,17). The van der Waals surface area contributed by atoms with Crippen molar-refractivity contribution in [1.82, 2.24) is 5.32 Å². The molecule has 1 unspecified atom stereocenters. The number of halogens is 2. The molecule has 0 aromatic carbocycles. The fraction of sp³-hybridized carbons (Fsp3) is 0.583. The molecule has 0 aliphatic heterocycles. The summed E-state index contributed by atoms with van der Waals surface area (Å²) in [6.45, 7) is 2.78. The number of thiophene rings is 1. The average Bonchev–Trinajstić information content (AvgIpc) is 2.65. The van der Waals surface area contributed by atoms with Crippen molar-refractivity contribution in [2.75, 3.05) is 13.2 Å². The zero-order valence-electron chi connectivity index (χ0n) is 10.2. The highest BCUT2D eigenvalue weighted by Crippen LogP contribution is 2.31. The fourth-order valence-electron chi connectivity index (χ4n) is 1.77. The Morgan fingerprint density at radius 2 is 2.22 bits per heavy atom. The van der Waals surface area contributed by atoms with Gasteiger partial charge in [0.2, 0.25) is 0 Å². The Labute approximate surface area is 121 Å². The molecule has 0 aliphatic carbocycles. The molecule has 3 nitrogen and oxygen atoms in total. The molecule has 1 aromatic heterocycles. The highest BCUT2D eigenvalue weighted by Gasteiger charge is 2.15. The van der Waals surface area contributed by atoms with Crippen molar-refractivity contribution in [3.63, 3.8) is 0 Å². The van der Waals surface area contributed by atoms with Gasteiger partial charge in [0.15, 0.2) is 0 Å². The molecule has 0 fully saturated rings. The molecule has 1 rings (SSSR count). The zero-order chi connectivity index (χ0) is 13.5. The molecule has 0 saturated heterocycles. The molecule has 0 spiro atoms. The van der Waals surface area contributed by atoms with E-state index in [0.717, 1.165) is 12.8 Å². The average molecular weight is 310 g/mol. The Bertz CT molecular complexity index is 389. The van der Waals surface area contributed by atoms with E-state index in [0.29, 0.717) is 33.1 Å². The lowest BCUT2D eigenvalue weighted by atomic mass is 10.0. The van der Waals surface area contributed by atoms with Gasteiger partial charge in [-0.2, -0.15) is 0 Å². The van der Waals surface area contributed by atoms with E-state index >= 15 is 0 Å². The van der Waals surface area contributed by atoms with E-state index in [-0.39, 0.29) is 12.5 Å². The van der Waals surface area contributed by atoms with Crippen molar-refractivity contribution in [1.29, 1.82) is 0 Å². The number of amides is 1. The van der Waals surface area contributed by atoms with Gasteiger partial charge in [-0.3, -0.25) is 4.79 Å². The summed E-state index contributed by atoms with van der Waals surface area (Å²) in [7, 11) is 0. The van der Waals surface area contributed by atoms with E-state index in [2.05, 4.69) is 12.2 Å². The van der Waals surface area contributed by atoms with Gasteiger partial charge in [-0.05, 0) is 24.8 Å². The maximum Gasteiger partial charge on any atom is 0.253 e. The van der Waals surface area contributed by atoms with Gasteiger partial charge in [0.05, 0.1) is 9.90 Å². The van der Waals surface area contributed by atoms with Crippen LogP contribution in [0.2, 0.25) is 8.67 Å². The molecule has 0 bridgehead atoms. The highest BCUT2D eigenvalue weighted by molar-refractivity contribution is 7.20. The van der Waals surface area contributed by atoms with Crippen LogP contribution in [0, 0.1) is 5.92 Å². The second-order valence-electron chi connectivity index (χ2n) is 4.11. The van der Waals surface area contributed by atoms with Gasteiger partial charge in [0.1, 0.15) is 4.34 Å². The van der Waals surface area contributed by atoms with E-state index in [9.17, 15) is 4.79 Å². The minimum Gasteiger partial charge on any atom is -0.396 e. The van der Waals surface area contributed by atoms with Crippen molar-refractivity contribution in [3.8, 4) is 0 Å². The lowest BCUT2D eigenvalue weighted by molar-refractivity contribution is 0.0943. The first kappa shape index (κ1) is 15.8. The van der Waals surface area contributed by atoms with Crippen molar-refractivity contribution in [3.05, 3.63) is 20.3 Å². The topological polar surface area (TPSA) is 49.3 Å². The third kappa shape index (κ3) is 4.76. The first-order valence-corrected chi connectivity index (χ1v) is 7.49. The lowest BCUT2D eigenvalue weighted by Crippen LogP contribution is -2.29. The number of hydrogen-bond acceptors (Lipinski definition) is 3. The molecular formula is C12H17Cl2NO2S. The minimum absolute atomic E-state index is 0.144. The van der Waals surface area contributed by atoms with Crippen LogP contribution >= 0.6 is 34.5 Å². The van der Waals surface area contributed by atoms with E-state index in [1.165, 1.54) is 11.3 Å². The Balaban J connectivity index is 2.51. The van der Waals surface area contributed by atoms with Crippen molar-refractivity contribution >= 4 is 40.4 Å². The largest absolute Gasteiger partial charge is 0.396 e. The Hall–Kier alpha value is -0.290. The van der Waals surface area contributed by atoms with Crippen LogP contribution in [0.25, 0.3) is 0 Å². The lowest BCUT2D eigenvalue weighted by Gasteiger charge is -2.15. The first-order valence-electron chi connectivity index (χ1n) is 5.92. The number of carbonyl (C=O) groups excluding carboxylic acids is 1. The Kier molecular flexibility index (Phi) is 7.00. The Morgan fingerprint density at radius 1 is 1.50 bits per heavy atom. The van der Waals surface area contributed by atoms with Gasteiger partial charge in [-0.1, -0.05) is 36.5 Å². The number of hydrogen-bond donors (Lipinski definition) is 2. The van der Waals surface area contributed by atoms with Gasteiger partial charge in [0, 0.05) is 13.2 Å². The molecule has 18 heavy (non-hydrogen) atoms. The number of carbonyl (C=O) groups is 1. The molecule has 2 N–H and O–H groups in total. The van der Waals surface area contributed by atoms with E-state index in [4.69, 9.17) is 28.3 Å². The second kappa shape index (κ2) is 8.00. The van der Waals surface area contributed by atoms with Crippen molar-refractivity contribution < 1.29 is 9.90 Å². The molecular weight excluding hydrogens is 293 g/mol. The van der Waals surface area contributed by atoms with Crippen LogP contribution in [0.5, 0.6) is 0 Å². The predicted octanol–water partition coefficient (Wildman–Crippen LogP) is 3.58. The van der Waals surface area contributed by atoms with Gasteiger partial charge < -0.3 is 10.4 Å². The van der Waals surface area contributed by atoms with Crippen LogP contribution in [0.1, 0.15) is 36.5 Å². The maximum atomic E-state index is 11.9. The highest BCUT2D eigenvalue weighted by atomic mass is 35.5. The van der Waals surface area contributed by atoms with E-state index < -0.39 is 0 Å². The molecule has 1 aromatic rings. The van der Waals surface area contributed by atoms with E-state index in [1.54, 1.807) is 6.07 Å². The summed E-state index contributed by atoms with van der Waals surface area (Å²) in [6.07, 6.45) is 2.72. The van der Waals surface area contributed by atoms with Crippen LogP contribution in [-0.2, 0) is 0 Å². The molecule has 0 saturated carbocycles. The molecule has 1 atom stereocenters. The van der Waals surface area contributed by atoms with Crippen LogP contribution < -0.4 is 5.32 Å². The minimum atomic E-state index is -0.206. The molecule has 0 aliphatic rings. The smallest absolute Gasteiger partial charge is 0.253 e. The summed E-state index contributed by atoms with van der Waals surface area (Å²) in [5, 5.41) is 11.8. The third-order valence-electron chi connectivity index (χ3n) is 2.69. The third-order valence-corrected chi connectivity index (χ3v) is 4.17. The normalized spacial score (nSPS) is 12.4. The van der Waals surface area contributed by atoms with Gasteiger partial charge in [0.25, 0.3) is 5.91 Å². The van der Waals surface area contributed by atoms with Gasteiger partial charge in [-0.15, -0.1) is 11.3 Å². The fourth-order valence-corrected chi connectivity index (χ4v) is 3.22. The monoisotopic (exact) mass is 309 g/mol. The van der Waals surface area contributed by atoms with Gasteiger partial charge >= 0.3 is 0 Å². The molecule has 1 amide bonds. The van der Waals surface area contributed by atoms with Crippen molar-refractivity contribution in [2.45, 2.75) is 26.2 Å². The zero-order valence-corrected chi connectivity index (χ0v) is 12.5. The summed E-state index contributed by atoms with van der Waals surface area (Å²) >= 11 is 12.9.